The number of ether oxygens (including phenoxy) is 3. The average molecular weight is 382 g/mol. The fourth-order valence-electron chi connectivity index (χ4n) is 3.02. The first-order valence-electron chi connectivity index (χ1n) is 8.14. The minimum atomic E-state index is -1.59. The van der Waals surface area contributed by atoms with Gasteiger partial charge in [-0.15, -0.1) is 0 Å². The lowest BCUT2D eigenvalue weighted by molar-refractivity contribution is -0.325. The van der Waals surface area contributed by atoms with E-state index >= 15 is 0 Å². The lowest BCUT2D eigenvalue weighted by Gasteiger charge is -2.46. The van der Waals surface area contributed by atoms with Crippen LogP contribution >= 0.6 is 0 Å². The van der Waals surface area contributed by atoms with E-state index < -0.39 is 80.4 Å². The molecule has 10 atom stereocenters. The highest BCUT2D eigenvalue weighted by Crippen LogP contribution is 2.28. The van der Waals surface area contributed by atoms with E-state index in [1.54, 1.807) is 0 Å². The molecule has 2 heterocycles. The quantitative estimate of drug-likeness (QED) is 0.225. The van der Waals surface area contributed by atoms with Crippen molar-refractivity contribution >= 4 is 5.91 Å². The number of aliphatic hydroxyl groups excluding tert-OH is 6. The van der Waals surface area contributed by atoms with Crippen LogP contribution in [0.2, 0.25) is 0 Å². The maximum Gasteiger partial charge on any atom is 0.217 e. The zero-order valence-corrected chi connectivity index (χ0v) is 14.1. The SMILES string of the molecule is CC(=O)N[C@@H]1[C@@H](O)[C@H](O[C@@H]2O[C@H](CO)[C@@H](O)[C@H](O)[C@H]2N)[C@@H](CO)O[C@H]1O. The van der Waals surface area contributed by atoms with Gasteiger partial charge in [-0.1, -0.05) is 0 Å². The molecule has 2 aliphatic rings. The van der Waals surface area contributed by atoms with Gasteiger partial charge in [-0.3, -0.25) is 4.79 Å². The van der Waals surface area contributed by atoms with Gasteiger partial charge in [-0.2, -0.15) is 0 Å². The predicted octanol–water partition coefficient (Wildman–Crippen LogP) is -5.29. The first-order chi connectivity index (χ1) is 12.2. The minimum absolute atomic E-state index is 0.539. The second-order valence-electron chi connectivity index (χ2n) is 6.35. The largest absolute Gasteiger partial charge is 0.394 e. The van der Waals surface area contributed by atoms with Gasteiger partial charge in [0.2, 0.25) is 5.91 Å². The average Bonchev–Trinajstić information content (AvgIpc) is 2.60. The lowest BCUT2D eigenvalue weighted by atomic mass is 9.95. The number of nitrogens with two attached hydrogens (primary N) is 1. The number of rotatable bonds is 5. The van der Waals surface area contributed by atoms with Crippen LogP contribution in [0.4, 0.5) is 0 Å². The summed E-state index contributed by atoms with van der Waals surface area (Å²) in [4.78, 5) is 11.3. The second kappa shape index (κ2) is 8.84. The van der Waals surface area contributed by atoms with Gasteiger partial charge in [0.1, 0.15) is 42.7 Å². The molecule has 2 aliphatic heterocycles. The summed E-state index contributed by atoms with van der Waals surface area (Å²) in [5, 5.41) is 61.1. The number of amides is 1. The van der Waals surface area contributed by atoms with Crippen molar-refractivity contribution in [2.45, 2.75) is 68.2 Å². The Morgan fingerprint density at radius 3 is 2.19 bits per heavy atom. The maximum atomic E-state index is 11.3. The van der Waals surface area contributed by atoms with Crippen molar-refractivity contribution in [2.75, 3.05) is 13.2 Å². The predicted molar refractivity (Wildman–Crippen MR) is 82.2 cm³/mol. The molecule has 2 rings (SSSR count). The minimum Gasteiger partial charge on any atom is -0.394 e. The molecule has 0 saturated carbocycles. The van der Waals surface area contributed by atoms with E-state index in [2.05, 4.69) is 5.32 Å². The zero-order chi connectivity index (χ0) is 19.6. The van der Waals surface area contributed by atoms with Gasteiger partial charge >= 0.3 is 0 Å². The standard InChI is InChI=1S/C14H26N2O10/c1-4(19)16-8-11(22)12(6(3-18)24-13(8)23)26-14-7(15)10(21)9(20)5(2-17)25-14/h5-14,17-18,20-23H,2-3,15H2,1H3,(H,16,19)/t5-,6-,7-,8-,9-,10-,11-,12-,13-,14+/m1/s1. The molecule has 0 aromatic carbocycles. The van der Waals surface area contributed by atoms with E-state index in [9.17, 15) is 35.4 Å². The molecule has 0 aromatic rings. The summed E-state index contributed by atoms with van der Waals surface area (Å²) in [6.45, 7) is -0.0789. The van der Waals surface area contributed by atoms with Crippen molar-refractivity contribution in [3.63, 3.8) is 0 Å². The van der Waals surface area contributed by atoms with Crippen molar-refractivity contribution in [3.8, 4) is 0 Å². The van der Waals surface area contributed by atoms with Crippen molar-refractivity contribution in [3.05, 3.63) is 0 Å². The van der Waals surface area contributed by atoms with E-state index in [-0.39, 0.29) is 0 Å². The van der Waals surface area contributed by atoms with Crippen LogP contribution < -0.4 is 11.1 Å². The van der Waals surface area contributed by atoms with E-state index in [0.29, 0.717) is 0 Å². The third-order valence-corrected chi connectivity index (χ3v) is 4.46. The van der Waals surface area contributed by atoms with Crippen molar-refractivity contribution < 1.29 is 49.6 Å². The number of aliphatic hydroxyl groups is 6. The van der Waals surface area contributed by atoms with Gasteiger partial charge in [0, 0.05) is 6.92 Å². The number of hydrogen-bond acceptors (Lipinski definition) is 11. The molecule has 26 heavy (non-hydrogen) atoms. The molecule has 12 heteroatoms. The summed E-state index contributed by atoms with van der Waals surface area (Å²) in [5.41, 5.74) is 5.78. The van der Waals surface area contributed by atoms with Gasteiger partial charge < -0.3 is 55.9 Å². The summed E-state index contributed by atoms with van der Waals surface area (Å²) < 4.78 is 16.0. The fraction of sp³-hybridized carbons (Fsp3) is 0.929. The molecule has 12 nitrogen and oxygen atoms in total. The molecule has 0 spiro atoms. The topological polar surface area (TPSA) is 204 Å². The monoisotopic (exact) mass is 382 g/mol. The highest BCUT2D eigenvalue weighted by molar-refractivity contribution is 5.73. The normalized spacial score (nSPS) is 46.8. The Bertz CT molecular complexity index is 481. The van der Waals surface area contributed by atoms with Gasteiger partial charge in [0.05, 0.1) is 19.3 Å². The Morgan fingerprint density at radius 2 is 1.65 bits per heavy atom. The van der Waals surface area contributed by atoms with Crippen molar-refractivity contribution in [1.29, 1.82) is 0 Å². The second-order valence-corrected chi connectivity index (χ2v) is 6.35. The van der Waals surface area contributed by atoms with Crippen LogP contribution in [0.1, 0.15) is 6.92 Å². The van der Waals surface area contributed by atoms with E-state index in [0.717, 1.165) is 0 Å². The van der Waals surface area contributed by atoms with Crippen LogP contribution in [0, 0.1) is 0 Å². The third kappa shape index (κ3) is 4.31. The Morgan fingerprint density at radius 1 is 1.04 bits per heavy atom. The first-order valence-corrected chi connectivity index (χ1v) is 8.14. The zero-order valence-electron chi connectivity index (χ0n) is 14.1. The van der Waals surface area contributed by atoms with Gasteiger partial charge in [0.15, 0.2) is 12.6 Å². The molecule has 0 radical (unpaired) electrons. The molecule has 1 amide bonds. The van der Waals surface area contributed by atoms with Crippen LogP contribution in [0.15, 0.2) is 0 Å². The van der Waals surface area contributed by atoms with Crippen LogP contribution in [0.25, 0.3) is 0 Å². The first kappa shape index (κ1) is 21.4. The highest BCUT2D eigenvalue weighted by Gasteiger charge is 2.50. The van der Waals surface area contributed by atoms with Gasteiger partial charge in [-0.05, 0) is 0 Å². The van der Waals surface area contributed by atoms with Crippen molar-refractivity contribution in [2.24, 2.45) is 5.73 Å². The molecular weight excluding hydrogens is 356 g/mol. The molecular formula is C14H26N2O10. The van der Waals surface area contributed by atoms with E-state index in [1.165, 1.54) is 6.92 Å². The summed E-state index contributed by atoms with van der Waals surface area (Å²) in [6.07, 6.45) is -11.0. The van der Waals surface area contributed by atoms with E-state index in [4.69, 9.17) is 19.9 Å². The van der Waals surface area contributed by atoms with Gasteiger partial charge in [0.25, 0.3) is 0 Å². The molecule has 0 aromatic heterocycles. The van der Waals surface area contributed by atoms with Gasteiger partial charge in [-0.25, -0.2) is 0 Å². The molecule has 2 saturated heterocycles. The summed E-state index contributed by atoms with van der Waals surface area (Å²) >= 11 is 0. The van der Waals surface area contributed by atoms with Crippen LogP contribution in [-0.4, -0.2) is 111 Å². The number of carbonyl (C=O) groups excluding carboxylic acids is 1. The molecule has 0 bridgehead atoms. The Labute approximate surface area is 149 Å². The molecule has 2 fully saturated rings. The van der Waals surface area contributed by atoms with E-state index in [1.807, 2.05) is 0 Å². The molecule has 152 valence electrons. The number of nitrogens with one attached hydrogen (secondary N) is 1. The number of hydrogen-bond donors (Lipinski definition) is 8. The Kier molecular flexibility index (Phi) is 7.27. The third-order valence-electron chi connectivity index (χ3n) is 4.46. The smallest absolute Gasteiger partial charge is 0.217 e. The Hall–Kier alpha value is -0.930. The Balaban J connectivity index is 2.16. The maximum absolute atomic E-state index is 11.3. The summed E-state index contributed by atoms with van der Waals surface area (Å²) in [6, 6.07) is -2.48. The number of carbonyl (C=O) groups is 1. The van der Waals surface area contributed by atoms with Crippen LogP contribution in [0.3, 0.4) is 0 Å². The lowest BCUT2D eigenvalue weighted by Crippen LogP contribution is -2.68. The highest BCUT2D eigenvalue weighted by atomic mass is 16.7. The van der Waals surface area contributed by atoms with Crippen molar-refractivity contribution in [1.82, 2.24) is 5.32 Å². The molecule has 9 N–H and O–H groups in total. The van der Waals surface area contributed by atoms with Crippen LogP contribution in [0.5, 0.6) is 0 Å². The molecule has 0 aliphatic carbocycles. The fourth-order valence-corrected chi connectivity index (χ4v) is 3.02. The summed E-state index contributed by atoms with van der Waals surface area (Å²) in [7, 11) is 0. The summed E-state index contributed by atoms with van der Waals surface area (Å²) in [5.74, 6) is -0.539. The molecule has 0 unspecified atom stereocenters. The van der Waals surface area contributed by atoms with Crippen LogP contribution in [-0.2, 0) is 19.0 Å².